The molecule has 2 amide bonds. The van der Waals surface area contributed by atoms with E-state index in [2.05, 4.69) is 24.7 Å². The smallest absolute Gasteiger partial charge is 0.411 e. The Bertz CT molecular complexity index is 985. The monoisotopic (exact) mass is 498 g/mol. The lowest BCUT2D eigenvalue weighted by Crippen LogP contribution is -2.45. The lowest BCUT2D eigenvalue weighted by atomic mass is 9.95. The van der Waals surface area contributed by atoms with Crippen LogP contribution in [0.4, 0.5) is 16.2 Å². The molecule has 0 fully saturated rings. The molecule has 0 aliphatic carbocycles. The third kappa shape index (κ3) is 11.2. The summed E-state index contributed by atoms with van der Waals surface area (Å²) in [6, 6.07) is 15.6. The van der Waals surface area contributed by atoms with Gasteiger partial charge in [0.05, 0.1) is 26.3 Å². The minimum Gasteiger partial charge on any atom is -0.443 e. The van der Waals surface area contributed by atoms with E-state index in [0.717, 1.165) is 29.8 Å². The number of carbonyl (C=O) groups excluding carboxylic acids is 2. The van der Waals surface area contributed by atoms with Gasteiger partial charge in [0.25, 0.3) is 0 Å². The molecule has 0 aromatic heterocycles. The molecule has 0 radical (unpaired) electrons. The number of rotatable bonds is 10. The van der Waals surface area contributed by atoms with Crippen LogP contribution in [-0.4, -0.2) is 62.5 Å². The minimum atomic E-state index is -0.457. The van der Waals surface area contributed by atoms with Crippen LogP contribution in [0.15, 0.2) is 48.5 Å². The highest BCUT2D eigenvalue weighted by Gasteiger charge is 2.21. The van der Waals surface area contributed by atoms with E-state index < -0.39 is 11.5 Å². The lowest BCUT2D eigenvalue weighted by Gasteiger charge is -2.31. The average Bonchev–Trinajstić information content (AvgIpc) is 2.74. The molecule has 2 aromatic carbocycles. The number of benzene rings is 2. The fourth-order valence-electron chi connectivity index (χ4n) is 3.22. The molecule has 0 aliphatic rings. The molecule has 0 heterocycles. The molecule has 0 saturated carbocycles. The van der Waals surface area contributed by atoms with Gasteiger partial charge in [0.2, 0.25) is 5.91 Å². The van der Waals surface area contributed by atoms with Crippen molar-refractivity contribution in [2.75, 3.05) is 51.0 Å². The third-order valence-electron chi connectivity index (χ3n) is 5.66. The van der Waals surface area contributed by atoms with E-state index in [1.807, 2.05) is 90.1 Å². The molecule has 7 nitrogen and oxygen atoms in total. The van der Waals surface area contributed by atoms with Crippen LogP contribution in [0.1, 0.15) is 52.7 Å². The van der Waals surface area contributed by atoms with Crippen molar-refractivity contribution < 1.29 is 23.5 Å². The quantitative estimate of drug-likeness (QED) is 0.412. The second kappa shape index (κ2) is 12.4. The van der Waals surface area contributed by atoms with Crippen LogP contribution >= 0.6 is 0 Å². The number of likely N-dealkylation sites (N-methyl/N-ethyl adjacent to an activating group) is 1. The molecule has 0 unspecified atom stereocenters. The first-order chi connectivity index (χ1) is 16.6. The van der Waals surface area contributed by atoms with Gasteiger partial charge in [0, 0.05) is 16.8 Å². The number of nitrogens with zero attached hydrogens (tertiary/aromatic N) is 1. The number of anilines is 2. The summed E-state index contributed by atoms with van der Waals surface area (Å²) >= 11 is 0. The van der Waals surface area contributed by atoms with Gasteiger partial charge in [-0.15, -0.1) is 0 Å². The summed E-state index contributed by atoms with van der Waals surface area (Å²) in [5.74, 6) is -0.00894. The molecule has 2 N–H and O–H groups in total. The predicted molar refractivity (Wildman–Crippen MR) is 146 cm³/mol. The van der Waals surface area contributed by atoms with Gasteiger partial charge in [-0.1, -0.05) is 45.0 Å². The van der Waals surface area contributed by atoms with E-state index in [9.17, 15) is 9.59 Å². The SMILES string of the molecule is CC(C)(C)OCC[N+](C)(C)CCOC(=O)Nc1ccc(Cc2ccc(NC(=O)C(C)(C)C)cc2)cc1. The topological polar surface area (TPSA) is 76.7 Å². The summed E-state index contributed by atoms with van der Waals surface area (Å²) in [6.45, 7) is 14.3. The van der Waals surface area contributed by atoms with Crippen molar-refractivity contribution in [1.82, 2.24) is 0 Å². The van der Waals surface area contributed by atoms with Crippen molar-refractivity contribution in [3.05, 3.63) is 59.7 Å². The molecule has 36 heavy (non-hydrogen) atoms. The summed E-state index contributed by atoms with van der Waals surface area (Å²) in [4.78, 5) is 24.3. The molecular weight excluding hydrogens is 454 g/mol. The fourth-order valence-corrected chi connectivity index (χ4v) is 3.22. The molecule has 0 saturated heterocycles. The highest BCUT2D eigenvalue weighted by molar-refractivity contribution is 5.94. The zero-order valence-corrected chi connectivity index (χ0v) is 23.2. The van der Waals surface area contributed by atoms with Gasteiger partial charge in [-0.2, -0.15) is 0 Å². The Morgan fingerprint density at radius 2 is 1.22 bits per heavy atom. The van der Waals surface area contributed by atoms with Crippen molar-refractivity contribution in [3.8, 4) is 0 Å². The van der Waals surface area contributed by atoms with Gasteiger partial charge in [0.15, 0.2) is 0 Å². The molecule has 0 bridgehead atoms. The van der Waals surface area contributed by atoms with Gasteiger partial charge >= 0.3 is 6.09 Å². The average molecular weight is 499 g/mol. The molecule has 0 atom stereocenters. The molecule has 0 spiro atoms. The number of carbonyl (C=O) groups is 2. The number of amides is 2. The van der Waals surface area contributed by atoms with Crippen molar-refractivity contribution in [2.45, 2.75) is 53.6 Å². The van der Waals surface area contributed by atoms with Crippen molar-refractivity contribution in [3.63, 3.8) is 0 Å². The fraction of sp³-hybridized carbons (Fsp3) is 0.517. The molecular formula is C29H44N3O4+. The number of quaternary nitrogens is 1. The van der Waals surface area contributed by atoms with Crippen LogP contribution in [0.5, 0.6) is 0 Å². The Morgan fingerprint density at radius 1 is 0.750 bits per heavy atom. The Balaban J connectivity index is 1.76. The van der Waals surface area contributed by atoms with Crippen LogP contribution in [0, 0.1) is 5.41 Å². The van der Waals surface area contributed by atoms with E-state index in [1.54, 1.807) is 0 Å². The van der Waals surface area contributed by atoms with Crippen LogP contribution in [0.25, 0.3) is 0 Å². The van der Waals surface area contributed by atoms with E-state index >= 15 is 0 Å². The molecule has 2 aromatic rings. The van der Waals surface area contributed by atoms with E-state index in [-0.39, 0.29) is 11.5 Å². The van der Waals surface area contributed by atoms with E-state index in [0.29, 0.717) is 29.9 Å². The first-order valence-electron chi connectivity index (χ1n) is 12.5. The van der Waals surface area contributed by atoms with Gasteiger partial charge in [0.1, 0.15) is 19.7 Å². The predicted octanol–water partition coefficient (Wildman–Crippen LogP) is 5.70. The van der Waals surface area contributed by atoms with Crippen LogP contribution < -0.4 is 10.6 Å². The van der Waals surface area contributed by atoms with Crippen LogP contribution in [0.3, 0.4) is 0 Å². The maximum atomic E-state index is 12.2. The normalized spacial score (nSPS) is 12.2. The van der Waals surface area contributed by atoms with Crippen molar-refractivity contribution in [2.24, 2.45) is 5.41 Å². The van der Waals surface area contributed by atoms with Crippen molar-refractivity contribution in [1.29, 1.82) is 0 Å². The second-order valence-corrected chi connectivity index (χ2v) is 11.9. The Labute approximate surface area is 216 Å². The standard InChI is InChI=1S/C29H43N3O4/c1-28(2,3)26(33)30-24-13-9-22(10-14-24)21-23-11-15-25(16-12-23)31-27(34)35-19-17-32(7,8)18-20-36-29(4,5)6/h9-16H,17-21H2,1-8H3,(H-,30,31,33,34)/p+1. The zero-order valence-electron chi connectivity index (χ0n) is 23.2. The first-order valence-corrected chi connectivity index (χ1v) is 12.5. The Morgan fingerprint density at radius 3 is 1.69 bits per heavy atom. The third-order valence-corrected chi connectivity index (χ3v) is 5.66. The van der Waals surface area contributed by atoms with Gasteiger partial charge in [-0.3, -0.25) is 10.1 Å². The number of ether oxygens (including phenoxy) is 2. The lowest BCUT2D eigenvalue weighted by molar-refractivity contribution is -0.891. The largest absolute Gasteiger partial charge is 0.443 e. The molecule has 7 heteroatoms. The summed E-state index contributed by atoms with van der Waals surface area (Å²) < 4.78 is 11.9. The Kier molecular flexibility index (Phi) is 10.1. The number of hydrogen-bond acceptors (Lipinski definition) is 4. The molecule has 0 aliphatic heterocycles. The highest BCUT2D eigenvalue weighted by Crippen LogP contribution is 2.19. The van der Waals surface area contributed by atoms with Crippen LogP contribution in [0.2, 0.25) is 0 Å². The first kappa shape index (κ1) is 29.3. The summed E-state index contributed by atoms with van der Waals surface area (Å²) in [7, 11) is 4.20. The molecule has 2 rings (SSSR count). The van der Waals surface area contributed by atoms with Gasteiger partial charge < -0.3 is 19.3 Å². The summed E-state index contributed by atoms with van der Waals surface area (Å²) in [6.07, 6.45) is 0.297. The maximum absolute atomic E-state index is 12.2. The maximum Gasteiger partial charge on any atom is 0.411 e. The second-order valence-electron chi connectivity index (χ2n) is 11.9. The zero-order chi connectivity index (χ0) is 27.0. The highest BCUT2D eigenvalue weighted by atomic mass is 16.5. The van der Waals surface area contributed by atoms with E-state index in [4.69, 9.17) is 9.47 Å². The molecule has 198 valence electrons. The summed E-state index contributed by atoms with van der Waals surface area (Å²) in [5, 5.41) is 5.72. The minimum absolute atomic E-state index is 0.00894. The van der Waals surface area contributed by atoms with Crippen LogP contribution in [-0.2, 0) is 20.7 Å². The summed E-state index contributed by atoms with van der Waals surface area (Å²) in [5.41, 5.74) is 3.16. The number of nitrogens with one attached hydrogen (secondary N) is 2. The Hall–Kier alpha value is -2.90. The van der Waals surface area contributed by atoms with Crippen molar-refractivity contribution >= 4 is 23.4 Å². The van der Waals surface area contributed by atoms with Gasteiger partial charge in [-0.05, 0) is 62.6 Å². The van der Waals surface area contributed by atoms with E-state index in [1.165, 1.54) is 0 Å². The number of hydrogen-bond donors (Lipinski definition) is 2. The van der Waals surface area contributed by atoms with Gasteiger partial charge in [-0.25, -0.2) is 4.79 Å².